The fourth-order valence-corrected chi connectivity index (χ4v) is 2.54. The van der Waals surface area contributed by atoms with Gasteiger partial charge in [0.1, 0.15) is 0 Å². The molecule has 1 aliphatic rings. The van der Waals surface area contributed by atoms with Gasteiger partial charge in [0.2, 0.25) is 5.91 Å². The number of hydrogen-bond acceptors (Lipinski definition) is 3. The first kappa shape index (κ1) is 12.9. The van der Waals surface area contributed by atoms with Crippen LogP contribution in [0.15, 0.2) is 22.7 Å². The number of carboxylic acid groups (broad SMARTS) is 1. The molecule has 0 aromatic heterocycles. The molecule has 18 heavy (non-hydrogen) atoms. The number of aromatic carboxylic acids is 1. The predicted octanol–water partition coefficient (Wildman–Crippen LogP) is 1.47. The third-order valence-corrected chi connectivity index (χ3v) is 3.43. The topological polar surface area (TPSA) is 69.6 Å². The number of nitrogens with zero attached hydrogens (tertiary/aromatic N) is 1. The second-order valence-electron chi connectivity index (χ2n) is 4.10. The van der Waals surface area contributed by atoms with Gasteiger partial charge in [-0.1, -0.05) is 0 Å². The van der Waals surface area contributed by atoms with Crippen molar-refractivity contribution in [3.8, 4) is 0 Å². The van der Waals surface area contributed by atoms with Crippen molar-refractivity contribution < 1.29 is 14.7 Å². The van der Waals surface area contributed by atoms with Crippen LogP contribution in [0.2, 0.25) is 0 Å². The summed E-state index contributed by atoms with van der Waals surface area (Å²) >= 11 is 3.36. The molecule has 1 aromatic carbocycles. The van der Waals surface area contributed by atoms with Crippen LogP contribution in [-0.2, 0) is 4.79 Å². The molecule has 5 nitrogen and oxygen atoms in total. The van der Waals surface area contributed by atoms with Crippen molar-refractivity contribution in [1.29, 1.82) is 0 Å². The summed E-state index contributed by atoms with van der Waals surface area (Å²) in [6.45, 7) is 1.74. The number of amides is 1. The van der Waals surface area contributed by atoms with E-state index in [4.69, 9.17) is 5.11 Å². The normalized spacial score (nSPS) is 16.1. The molecule has 2 rings (SSSR count). The van der Waals surface area contributed by atoms with Gasteiger partial charge in [0.05, 0.1) is 17.8 Å². The third-order valence-electron chi connectivity index (χ3n) is 2.80. The van der Waals surface area contributed by atoms with Crippen LogP contribution >= 0.6 is 15.9 Å². The summed E-state index contributed by atoms with van der Waals surface area (Å²) in [4.78, 5) is 24.3. The minimum Gasteiger partial charge on any atom is -0.478 e. The number of carbonyl (C=O) groups excluding carboxylic acids is 1. The summed E-state index contributed by atoms with van der Waals surface area (Å²) in [7, 11) is 0. The summed E-state index contributed by atoms with van der Waals surface area (Å²) < 4.78 is 0.692. The van der Waals surface area contributed by atoms with E-state index in [0.717, 1.165) is 18.7 Å². The highest BCUT2D eigenvalue weighted by Crippen LogP contribution is 2.27. The lowest BCUT2D eigenvalue weighted by molar-refractivity contribution is -0.119. The van der Waals surface area contributed by atoms with Gasteiger partial charge in [0, 0.05) is 17.6 Å². The number of halogens is 1. The lowest BCUT2D eigenvalue weighted by atomic mass is 10.2. The smallest absolute Gasteiger partial charge is 0.335 e. The summed E-state index contributed by atoms with van der Waals surface area (Å²) in [5.41, 5.74) is 1.07. The number of anilines is 1. The number of carbonyl (C=O) groups is 2. The van der Waals surface area contributed by atoms with Gasteiger partial charge >= 0.3 is 5.97 Å². The molecular formula is C12H13BrN2O3. The van der Waals surface area contributed by atoms with Gasteiger partial charge in [-0.3, -0.25) is 4.79 Å². The molecule has 1 fully saturated rings. The van der Waals surface area contributed by atoms with Crippen molar-refractivity contribution in [3.05, 3.63) is 28.2 Å². The Balaban J connectivity index is 2.27. The molecule has 0 bridgehead atoms. The van der Waals surface area contributed by atoms with E-state index < -0.39 is 5.97 Å². The van der Waals surface area contributed by atoms with Crippen molar-refractivity contribution in [1.82, 2.24) is 5.32 Å². The minimum atomic E-state index is -0.962. The molecule has 0 aliphatic carbocycles. The van der Waals surface area contributed by atoms with Crippen molar-refractivity contribution in [2.75, 3.05) is 24.5 Å². The number of carboxylic acids is 1. The fraction of sp³-hybridized carbons (Fsp3) is 0.333. The van der Waals surface area contributed by atoms with Gasteiger partial charge in [-0.25, -0.2) is 4.79 Å². The highest BCUT2D eigenvalue weighted by atomic mass is 79.9. The molecule has 0 atom stereocenters. The number of hydrogen-bond donors (Lipinski definition) is 2. The Kier molecular flexibility index (Phi) is 3.86. The average Bonchev–Trinajstić information content (AvgIpc) is 2.53. The summed E-state index contributed by atoms with van der Waals surface area (Å²) in [6.07, 6.45) is 0.874. The first-order chi connectivity index (χ1) is 8.58. The van der Waals surface area contributed by atoms with Crippen molar-refractivity contribution in [2.24, 2.45) is 0 Å². The van der Waals surface area contributed by atoms with Gasteiger partial charge < -0.3 is 15.3 Å². The summed E-state index contributed by atoms with van der Waals surface area (Å²) in [5, 5.41) is 11.7. The Labute approximate surface area is 113 Å². The van der Waals surface area contributed by atoms with E-state index >= 15 is 0 Å². The van der Waals surface area contributed by atoms with Crippen molar-refractivity contribution in [2.45, 2.75) is 6.42 Å². The molecule has 96 valence electrons. The largest absolute Gasteiger partial charge is 0.478 e. The van der Waals surface area contributed by atoms with E-state index in [1.807, 2.05) is 4.90 Å². The number of benzene rings is 1. The van der Waals surface area contributed by atoms with Crippen LogP contribution in [0.4, 0.5) is 5.69 Å². The van der Waals surface area contributed by atoms with Gasteiger partial charge in [-0.15, -0.1) is 0 Å². The molecule has 1 saturated heterocycles. The quantitative estimate of drug-likeness (QED) is 0.867. The van der Waals surface area contributed by atoms with E-state index in [1.54, 1.807) is 18.2 Å². The van der Waals surface area contributed by atoms with Crippen LogP contribution < -0.4 is 10.2 Å². The fourth-order valence-electron chi connectivity index (χ4n) is 1.91. The molecule has 1 heterocycles. The van der Waals surface area contributed by atoms with E-state index in [-0.39, 0.29) is 11.5 Å². The molecule has 1 aromatic rings. The zero-order valence-corrected chi connectivity index (χ0v) is 11.2. The molecule has 2 N–H and O–H groups in total. The maximum atomic E-state index is 11.5. The molecule has 0 unspecified atom stereocenters. The third kappa shape index (κ3) is 2.81. The van der Waals surface area contributed by atoms with Crippen molar-refractivity contribution in [3.63, 3.8) is 0 Å². The molecule has 0 spiro atoms. The Morgan fingerprint density at radius 3 is 2.89 bits per heavy atom. The second-order valence-corrected chi connectivity index (χ2v) is 4.95. The van der Waals surface area contributed by atoms with E-state index in [9.17, 15) is 9.59 Å². The zero-order valence-electron chi connectivity index (χ0n) is 9.65. The van der Waals surface area contributed by atoms with E-state index in [0.29, 0.717) is 17.6 Å². The maximum Gasteiger partial charge on any atom is 0.335 e. The van der Waals surface area contributed by atoms with Gasteiger partial charge in [0.15, 0.2) is 0 Å². The summed E-state index contributed by atoms with van der Waals surface area (Å²) in [6, 6.07) is 4.83. The first-order valence-electron chi connectivity index (χ1n) is 5.62. The van der Waals surface area contributed by atoms with Crippen LogP contribution in [0.3, 0.4) is 0 Å². The lowest BCUT2D eigenvalue weighted by Gasteiger charge is -2.22. The lowest BCUT2D eigenvalue weighted by Crippen LogP contribution is -2.33. The summed E-state index contributed by atoms with van der Waals surface area (Å²) in [5.74, 6) is -0.974. The molecule has 1 amide bonds. The SMILES string of the molecule is O=C1CN(c2ccc(C(=O)O)cc2Br)CCCN1. The van der Waals surface area contributed by atoms with Gasteiger partial charge in [-0.05, 0) is 40.5 Å². The monoisotopic (exact) mass is 312 g/mol. The van der Waals surface area contributed by atoms with Gasteiger partial charge in [-0.2, -0.15) is 0 Å². The Hall–Kier alpha value is -1.56. The van der Waals surface area contributed by atoms with Gasteiger partial charge in [0.25, 0.3) is 0 Å². The molecular weight excluding hydrogens is 300 g/mol. The highest BCUT2D eigenvalue weighted by molar-refractivity contribution is 9.10. The standard InChI is InChI=1S/C12H13BrN2O3/c13-9-6-8(12(17)18)2-3-10(9)15-5-1-4-14-11(16)7-15/h2-3,6H,1,4-5,7H2,(H,14,16)(H,17,18). The van der Waals surface area contributed by atoms with E-state index in [2.05, 4.69) is 21.2 Å². The van der Waals surface area contributed by atoms with Crippen LogP contribution in [-0.4, -0.2) is 36.6 Å². The van der Waals surface area contributed by atoms with Crippen LogP contribution in [0.1, 0.15) is 16.8 Å². The number of rotatable bonds is 2. The average molecular weight is 313 g/mol. The van der Waals surface area contributed by atoms with Crippen molar-refractivity contribution >= 4 is 33.5 Å². The Bertz CT molecular complexity index is 490. The van der Waals surface area contributed by atoms with Crippen LogP contribution in [0, 0.1) is 0 Å². The molecule has 0 saturated carbocycles. The molecule has 1 aliphatic heterocycles. The first-order valence-corrected chi connectivity index (χ1v) is 6.42. The number of nitrogens with one attached hydrogen (secondary N) is 1. The van der Waals surface area contributed by atoms with Crippen LogP contribution in [0.5, 0.6) is 0 Å². The Morgan fingerprint density at radius 1 is 1.44 bits per heavy atom. The predicted molar refractivity (Wildman–Crippen MR) is 70.9 cm³/mol. The molecule has 0 radical (unpaired) electrons. The van der Waals surface area contributed by atoms with E-state index in [1.165, 1.54) is 0 Å². The second kappa shape index (κ2) is 5.39. The van der Waals surface area contributed by atoms with Crippen LogP contribution in [0.25, 0.3) is 0 Å². The molecule has 6 heteroatoms. The maximum absolute atomic E-state index is 11.5. The highest BCUT2D eigenvalue weighted by Gasteiger charge is 2.17. The Morgan fingerprint density at radius 2 is 2.22 bits per heavy atom. The minimum absolute atomic E-state index is 0.0123. The zero-order chi connectivity index (χ0) is 13.1.